The van der Waals surface area contributed by atoms with Crippen molar-refractivity contribution in [1.29, 1.82) is 0 Å². The Bertz CT molecular complexity index is 631. The van der Waals surface area contributed by atoms with E-state index in [1.165, 1.54) is 141 Å². The SMILES string of the molecule is CCCCCCCCCCCCCCO[C@@H]1[C@@H](OCCCCCCCCCCCCCC)CO[C@@H]1COC(=O)CCCN(C)C. The number of carbonyl (C=O) groups is 1. The largest absolute Gasteiger partial charge is 0.463 e. The Kier molecular flexibility index (Phi) is 30.0. The van der Waals surface area contributed by atoms with Gasteiger partial charge in [-0.3, -0.25) is 4.79 Å². The molecule has 6 heteroatoms. The number of hydrogen-bond donors (Lipinski definition) is 0. The molecule has 1 aliphatic rings. The third-order valence-corrected chi connectivity index (χ3v) is 9.24. The average Bonchev–Trinajstić information content (AvgIpc) is 3.41. The minimum absolute atomic E-state index is 0.0764. The van der Waals surface area contributed by atoms with Gasteiger partial charge in [-0.2, -0.15) is 0 Å². The van der Waals surface area contributed by atoms with E-state index < -0.39 is 0 Å². The fraction of sp³-hybridized carbons (Fsp3) is 0.974. The summed E-state index contributed by atoms with van der Waals surface area (Å²) in [6.45, 7) is 7.69. The first kappa shape index (κ1) is 42.3. The predicted molar refractivity (Wildman–Crippen MR) is 190 cm³/mol. The maximum absolute atomic E-state index is 12.3. The summed E-state index contributed by atoms with van der Waals surface area (Å²) in [5.74, 6) is -0.152. The summed E-state index contributed by atoms with van der Waals surface area (Å²) in [4.78, 5) is 14.4. The Labute approximate surface area is 280 Å². The maximum Gasteiger partial charge on any atom is 0.305 e. The van der Waals surface area contributed by atoms with Crippen LogP contribution in [0.15, 0.2) is 0 Å². The third kappa shape index (κ3) is 26.0. The second-order valence-corrected chi connectivity index (χ2v) is 14.0. The van der Waals surface area contributed by atoms with E-state index in [1.54, 1.807) is 0 Å². The molecule has 0 aromatic heterocycles. The molecule has 1 fully saturated rings. The lowest BCUT2D eigenvalue weighted by molar-refractivity contribution is -0.150. The lowest BCUT2D eigenvalue weighted by Gasteiger charge is -2.23. The van der Waals surface area contributed by atoms with Crippen molar-refractivity contribution >= 4 is 5.97 Å². The first-order valence-corrected chi connectivity index (χ1v) is 19.7. The molecule has 0 unspecified atom stereocenters. The van der Waals surface area contributed by atoms with Crippen molar-refractivity contribution in [1.82, 2.24) is 4.90 Å². The van der Waals surface area contributed by atoms with Crippen molar-refractivity contribution in [2.45, 2.75) is 199 Å². The molecule has 6 nitrogen and oxygen atoms in total. The molecule has 0 saturated carbocycles. The highest BCUT2D eigenvalue weighted by molar-refractivity contribution is 5.69. The van der Waals surface area contributed by atoms with Crippen molar-refractivity contribution in [2.75, 3.05) is 47.1 Å². The van der Waals surface area contributed by atoms with Crippen LogP contribution >= 0.6 is 0 Å². The lowest BCUT2D eigenvalue weighted by Crippen LogP contribution is -2.38. The normalized spacial score (nSPS) is 18.3. The van der Waals surface area contributed by atoms with Gasteiger partial charge < -0.3 is 23.8 Å². The molecule has 0 aliphatic carbocycles. The molecule has 1 saturated heterocycles. The van der Waals surface area contributed by atoms with Gasteiger partial charge in [0.15, 0.2) is 0 Å². The highest BCUT2D eigenvalue weighted by Crippen LogP contribution is 2.23. The molecule has 268 valence electrons. The smallest absolute Gasteiger partial charge is 0.305 e. The van der Waals surface area contributed by atoms with E-state index in [9.17, 15) is 4.79 Å². The van der Waals surface area contributed by atoms with Crippen molar-refractivity contribution < 1.29 is 23.7 Å². The van der Waals surface area contributed by atoms with E-state index in [1.807, 2.05) is 14.1 Å². The summed E-state index contributed by atoms with van der Waals surface area (Å²) >= 11 is 0. The first-order chi connectivity index (χ1) is 22.1. The fourth-order valence-electron chi connectivity index (χ4n) is 6.28. The van der Waals surface area contributed by atoms with Gasteiger partial charge in [-0.15, -0.1) is 0 Å². The Morgan fingerprint density at radius 3 is 1.47 bits per heavy atom. The van der Waals surface area contributed by atoms with Crippen LogP contribution in [0.3, 0.4) is 0 Å². The van der Waals surface area contributed by atoms with Crippen LogP contribution in [0.25, 0.3) is 0 Å². The van der Waals surface area contributed by atoms with Crippen molar-refractivity contribution in [3.8, 4) is 0 Å². The van der Waals surface area contributed by atoms with Crippen LogP contribution in [0.4, 0.5) is 0 Å². The van der Waals surface area contributed by atoms with E-state index in [4.69, 9.17) is 18.9 Å². The number of nitrogens with zero attached hydrogens (tertiary/aromatic N) is 1. The quantitative estimate of drug-likeness (QED) is 0.0516. The van der Waals surface area contributed by atoms with E-state index in [-0.39, 0.29) is 30.9 Å². The molecule has 0 N–H and O–H groups in total. The van der Waals surface area contributed by atoms with E-state index in [0.29, 0.717) is 13.0 Å². The lowest BCUT2D eigenvalue weighted by atomic mass is 10.1. The molecule has 1 rings (SSSR count). The van der Waals surface area contributed by atoms with Crippen LogP contribution in [-0.4, -0.2) is 76.2 Å². The van der Waals surface area contributed by atoms with Gasteiger partial charge in [0, 0.05) is 19.6 Å². The fourth-order valence-corrected chi connectivity index (χ4v) is 6.28. The van der Waals surface area contributed by atoms with Crippen molar-refractivity contribution in [3.63, 3.8) is 0 Å². The van der Waals surface area contributed by atoms with Crippen LogP contribution < -0.4 is 0 Å². The topological polar surface area (TPSA) is 57.2 Å². The minimum atomic E-state index is -0.243. The zero-order chi connectivity index (χ0) is 32.6. The molecule has 0 aromatic rings. The number of esters is 1. The predicted octanol–water partition coefficient (Wildman–Crippen LogP) is 10.4. The number of carbonyl (C=O) groups excluding carboxylic acids is 1. The summed E-state index contributed by atoms with van der Waals surface area (Å²) in [6.07, 6.45) is 32.8. The average molecular weight is 640 g/mol. The van der Waals surface area contributed by atoms with Gasteiger partial charge in [-0.25, -0.2) is 0 Å². The molecule has 0 amide bonds. The second kappa shape index (κ2) is 31.9. The molecular formula is C39H77NO5. The number of hydrogen-bond acceptors (Lipinski definition) is 6. The van der Waals surface area contributed by atoms with Crippen LogP contribution in [0.1, 0.15) is 181 Å². The molecule has 1 aliphatic heterocycles. The van der Waals surface area contributed by atoms with Crippen LogP contribution in [-0.2, 0) is 23.7 Å². The van der Waals surface area contributed by atoms with Gasteiger partial charge in [-0.05, 0) is 39.9 Å². The highest BCUT2D eigenvalue weighted by atomic mass is 16.6. The molecule has 45 heavy (non-hydrogen) atoms. The number of unbranched alkanes of at least 4 members (excludes halogenated alkanes) is 22. The number of ether oxygens (including phenoxy) is 4. The molecule has 0 bridgehead atoms. The first-order valence-electron chi connectivity index (χ1n) is 19.7. The zero-order valence-electron chi connectivity index (χ0n) is 30.6. The maximum atomic E-state index is 12.3. The summed E-state index contributed by atoms with van der Waals surface area (Å²) in [6, 6.07) is 0. The third-order valence-electron chi connectivity index (χ3n) is 9.24. The van der Waals surface area contributed by atoms with Gasteiger partial charge in [0.2, 0.25) is 0 Å². The van der Waals surface area contributed by atoms with Crippen molar-refractivity contribution in [3.05, 3.63) is 0 Å². The minimum Gasteiger partial charge on any atom is -0.463 e. The van der Waals surface area contributed by atoms with E-state index in [2.05, 4.69) is 18.7 Å². The number of rotatable bonds is 34. The molecular weight excluding hydrogens is 562 g/mol. The van der Waals surface area contributed by atoms with E-state index >= 15 is 0 Å². The zero-order valence-corrected chi connectivity index (χ0v) is 30.6. The van der Waals surface area contributed by atoms with Gasteiger partial charge >= 0.3 is 5.97 Å². The molecule has 3 atom stereocenters. The van der Waals surface area contributed by atoms with Crippen molar-refractivity contribution in [2.24, 2.45) is 0 Å². The molecule has 1 heterocycles. The van der Waals surface area contributed by atoms with Crippen LogP contribution in [0.5, 0.6) is 0 Å². The van der Waals surface area contributed by atoms with Gasteiger partial charge in [0.05, 0.1) is 6.61 Å². The van der Waals surface area contributed by atoms with Crippen LogP contribution in [0.2, 0.25) is 0 Å². The molecule has 0 aromatic carbocycles. The second-order valence-electron chi connectivity index (χ2n) is 14.0. The summed E-state index contributed by atoms with van der Waals surface area (Å²) in [5.41, 5.74) is 0. The Balaban J connectivity index is 2.25. The summed E-state index contributed by atoms with van der Waals surface area (Å²) in [5, 5.41) is 0. The Morgan fingerprint density at radius 2 is 1.02 bits per heavy atom. The highest BCUT2D eigenvalue weighted by Gasteiger charge is 2.39. The van der Waals surface area contributed by atoms with E-state index in [0.717, 1.165) is 39.0 Å². The summed E-state index contributed by atoms with van der Waals surface area (Å²) in [7, 11) is 4.04. The van der Waals surface area contributed by atoms with Crippen LogP contribution in [0, 0.1) is 0 Å². The van der Waals surface area contributed by atoms with Gasteiger partial charge in [0.25, 0.3) is 0 Å². The molecule has 0 spiro atoms. The standard InChI is InChI=1S/C39H77NO5/c1-5-7-9-11-13-15-17-19-21-23-25-27-32-42-36-34-44-37(35-45-38(41)30-29-31-40(3)4)39(36)43-33-28-26-24-22-20-18-16-14-12-10-8-6-2/h36-37,39H,5-35H2,1-4H3/t36-,37+,39+/m0/s1. The molecule has 0 radical (unpaired) electrons. The Hall–Kier alpha value is -0.690. The Morgan fingerprint density at radius 1 is 0.600 bits per heavy atom. The van der Waals surface area contributed by atoms with Gasteiger partial charge in [0.1, 0.15) is 24.9 Å². The monoisotopic (exact) mass is 640 g/mol. The van der Waals surface area contributed by atoms with Gasteiger partial charge in [-0.1, -0.05) is 155 Å². The summed E-state index contributed by atoms with van der Waals surface area (Å²) < 4.78 is 24.4.